The van der Waals surface area contributed by atoms with Gasteiger partial charge in [0, 0.05) is 0 Å². The quantitative estimate of drug-likeness (QED) is 0.426. The van der Waals surface area contributed by atoms with Crippen molar-refractivity contribution in [2.75, 3.05) is 17.7 Å². The number of carbonyl (C=O) groups is 2. The zero-order chi connectivity index (χ0) is 15.9. The van der Waals surface area contributed by atoms with E-state index in [-0.39, 0.29) is 36.6 Å². The van der Waals surface area contributed by atoms with Crippen LogP contribution in [0.4, 0.5) is 5.13 Å². The third-order valence-corrected chi connectivity index (χ3v) is 4.31. The molecule has 2 heterocycles. The van der Waals surface area contributed by atoms with Crippen molar-refractivity contribution in [1.82, 2.24) is 10.2 Å². The summed E-state index contributed by atoms with van der Waals surface area (Å²) < 4.78 is 10.5. The van der Waals surface area contributed by atoms with Crippen molar-refractivity contribution in [3.8, 4) is 0 Å². The Labute approximate surface area is 146 Å². The van der Waals surface area contributed by atoms with Crippen molar-refractivity contribution in [3.05, 3.63) is 23.7 Å². The molecule has 0 saturated carbocycles. The van der Waals surface area contributed by atoms with Crippen molar-refractivity contribution in [2.45, 2.75) is 17.8 Å². The number of nitrogens with zero attached hydrogens (tertiary/aromatic N) is 2. The van der Waals surface area contributed by atoms with Gasteiger partial charge in [-0.25, -0.2) is 0 Å². The van der Waals surface area contributed by atoms with Crippen molar-refractivity contribution in [1.29, 1.82) is 0 Å². The van der Waals surface area contributed by atoms with Gasteiger partial charge in [0.05, 0.1) is 24.5 Å². The smallest absolute Gasteiger partial charge is 0.316 e. The molecule has 8 nitrogen and oxygen atoms in total. The zero-order valence-electron chi connectivity index (χ0n) is 12.1. The Morgan fingerprint density at radius 3 is 2.91 bits per heavy atom. The number of hydrogen-bond acceptors (Lipinski definition) is 9. The number of furan rings is 1. The van der Waals surface area contributed by atoms with Crippen molar-refractivity contribution < 1.29 is 18.7 Å². The van der Waals surface area contributed by atoms with Crippen LogP contribution in [0.15, 0.2) is 21.1 Å². The molecule has 0 atom stereocenters. The van der Waals surface area contributed by atoms with Gasteiger partial charge in [-0.1, -0.05) is 23.1 Å². The number of rotatable bonds is 7. The first-order chi connectivity index (χ1) is 10.6. The molecule has 0 aliphatic heterocycles. The summed E-state index contributed by atoms with van der Waals surface area (Å²) in [4.78, 5) is 23.2. The van der Waals surface area contributed by atoms with Gasteiger partial charge in [0.15, 0.2) is 4.34 Å². The van der Waals surface area contributed by atoms with Gasteiger partial charge in [0.2, 0.25) is 5.13 Å². The average Bonchev–Trinajstić information content (AvgIpc) is 3.14. The summed E-state index contributed by atoms with van der Waals surface area (Å²) in [5.74, 6) is -0.00602. The summed E-state index contributed by atoms with van der Waals surface area (Å²) in [6, 6.07) is 1.56. The first-order valence-electron chi connectivity index (χ1n) is 6.33. The molecule has 0 unspecified atom stereocenters. The second-order valence-corrected chi connectivity index (χ2v) is 6.13. The minimum absolute atomic E-state index is 0. The first-order valence-corrected chi connectivity index (χ1v) is 8.13. The van der Waals surface area contributed by atoms with E-state index in [1.165, 1.54) is 29.4 Å². The lowest BCUT2D eigenvalue weighted by Crippen LogP contribution is -2.10. The Kier molecular flexibility index (Phi) is 8.03. The summed E-state index contributed by atoms with van der Waals surface area (Å²) in [6.45, 7) is 2.31. The highest BCUT2D eigenvalue weighted by Crippen LogP contribution is 2.25. The molecule has 0 saturated heterocycles. The highest BCUT2D eigenvalue weighted by Gasteiger charge is 2.14. The molecule has 126 valence electrons. The van der Waals surface area contributed by atoms with Crippen LogP contribution in [0.3, 0.4) is 0 Å². The lowest BCUT2D eigenvalue weighted by atomic mass is 10.3. The van der Waals surface area contributed by atoms with Gasteiger partial charge < -0.3 is 14.9 Å². The number of halogens is 1. The summed E-state index contributed by atoms with van der Waals surface area (Å²) in [7, 11) is 0. The van der Waals surface area contributed by atoms with Gasteiger partial charge in [-0.2, -0.15) is 0 Å². The molecule has 0 bridgehead atoms. The second-order valence-electron chi connectivity index (χ2n) is 3.93. The Morgan fingerprint density at radius 2 is 2.26 bits per heavy atom. The van der Waals surface area contributed by atoms with Crippen LogP contribution in [0.2, 0.25) is 0 Å². The first kappa shape index (κ1) is 19.4. The van der Waals surface area contributed by atoms with Crippen LogP contribution in [-0.2, 0) is 16.1 Å². The van der Waals surface area contributed by atoms with E-state index in [2.05, 4.69) is 15.5 Å². The Hall–Kier alpha value is -1.62. The molecular formula is C12H15ClN4O4S2. The van der Waals surface area contributed by atoms with Gasteiger partial charge >= 0.3 is 5.97 Å². The number of nitrogens with one attached hydrogen (secondary N) is 1. The largest absolute Gasteiger partial charge is 0.467 e. The Balaban J connectivity index is 0.00000264. The highest BCUT2D eigenvalue weighted by molar-refractivity contribution is 8.01. The van der Waals surface area contributed by atoms with Crippen molar-refractivity contribution in [3.63, 3.8) is 0 Å². The molecule has 2 aromatic heterocycles. The highest BCUT2D eigenvalue weighted by atomic mass is 35.5. The molecule has 3 N–H and O–H groups in total. The van der Waals surface area contributed by atoms with Gasteiger partial charge in [-0.15, -0.1) is 22.6 Å². The van der Waals surface area contributed by atoms with Gasteiger partial charge in [-0.05, 0) is 13.0 Å². The minimum atomic E-state index is -0.360. The van der Waals surface area contributed by atoms with Crippen LogP contribution in [0, 0.1) is 0 Å². The monoisotopic (exact) mass is 378 g/mol. The van der Waals surface area contributed by atoms with Crippen molar-refractivity contribution >= 4 is 52.5 Å². The molecule has 0 radical (unpaired) electrons. The summed E-state index contributed by atoms with van der Waals surface area (Å²) in [6.07, 6.45) is 1.33. The second kappa shape index (κ2) is 9.50. The average molecular weight is 379 g/mol. The molecule has 0 aliphatic rings. The summed E-state index contributed by atoms with van der Waals surface area (Å²) >= 11 is 2.38. The fraction of sp³-hybridized carbons (Fsp3) is 0.333. The van der Waals surface area contributed by atoms with Crippen LogP contribution in [0.25, 0.3) is 0 Å². The molecule has 0 aliphatic carbocycles. The Morgan fingerprint density at radius 1 is 1.48 bits per heavy atom. The van der Waals surface area contributed by atoms with Crippen LogP contribution < -0.4 is 11.1 Å². The van der Waals surface area contributed by atoms with E-state index in [0.717, 1.165) is 0 Å². The van der Waals surface area contributed by atoms with E-state index in [1.54, 1.807) is 13.0 Å². The van der Waals surface area contributed by atoms with Crippen LogP contribution in [0.1, 0.15) is 23.0 Å². The van der Waals surface area contributed by atoms with E-state index in [9.17, 15) is 9.59 Å². The van der Waals surface area contributed by atoms with Crippen LogP contribution >= 0.6 is 35.5 Å². The molecule has 0 spiro atoms. The van der Waals surface area contributed by atoms with Crippen LogP contribution in [0.5, 0.6) is 0 Å². The fourth-order valence-corrected chi connectivity index (χ4v) is 2.96. The fourth-order valence-electron chi connectivity index (χ4n) is 1.42. The third kappa shape index (κ3) is 5.82. The van der Waals surface area contributed by atoms with Gasteiger partial charge in [-0.3, -0.25) is 14.9 Å². The zero-order valence-corrected chi connectivity index (χ0v) is 14.6. The van der Waals surface area contributed by atoms with E-state index in [0.29, 0.717) is 27.4 Å². The topological polar surface area (TPSA) is 120 Å². The predicted octanol–water partition coefficient (Wildman–Crippen LogP) is 1.92. The number of hydrogen-bond donors (Lipinski definition) is 2. The SMILES string of the molecule is CCOC(=O)CSc1nnc(NC(=O)c2coc(CN)c2)s1.Cl. The van der Waals surface area contributed by atoms with Crippen molar-refractivity contribution in [2.24, 2.45) is 5.73 Å². The normalized spacial score (nSPS) is 10.0. The number of amides is 1. The number of aromatic nitrogens is 2. The summed E-state index contributed by atoms with van der Waals surface area (Å²) in [5.41, 5.74) is 5.77. The van der Waals surface area contributed by atoms with E-state index in [4.69, 9.17) is 14.9 Å². The molecule has 11 heteroatoms. The standard InChI is InChI=1S/C12H14N4O4S2.ClH/c1-2-19-9(17)6-21-12-16-15-11(22-12)14-10(18)7-3-8(4-13)20-5-7;/h3,5H,2,4,6,13H2,1H3,(H,14,15,18);1H. The summed E-state index contributed by atoms with van der Waals surface area (Å²) in [5, 5.41) is 10.7. The molecule has 0 fully saturated rings. The molecule has 2 aromatic rings. The molecule has 1 amide bonds. The number of thioether (sulfide) groups is 1. The lowest BCUT2D eigenvalue weighted by molar-refractivity contribution is -0.139. The van der Waals surface area contributed by atoms with Gasteiger partial charge in [0.25, 0.3) is 5.91 Å². The molecule has 23 heavy (non-hydrogen) atoms. The van der Waals surface area contributed by atoms with E-state index in [1.807, 2.05) is 0 Å². The number of esters is 1. The maximum absolute atomic E-state index is 11.9. The number of ether oxygens (including phenoxy) is 1. The molecular weight excluding hydrogens is 364 g/mol. The number of carbonyl (C=O) groups excluding carboxylic acids is 2. The van der Waals surface area contributed by atoms with Gasteiger partial charge in [0.1, 0.15) is 12.0 Å². The minimum Gasteiger partial charge on any atom is -0.467 e. The van der Waals surface area contributed by atoms with Crippen LogP contribution in [-0.4, -0.2) is 34.4 Å². The number of anilines is 1. The lowest BCUT2D eigenvalue weighted by Gasteiger charge is -1.98. The maximum Gasteiger partial charge on any atom is 0.316 e. The maximum atomic E-state index is 11.9. The van der Waals surface area contributed by atoms with E-state index >= 15 is 0 Å². The molecule has 2 rings (SSSR count). The predicted molar refractivity (Wildman–Crippen MR) is 89.1 cm³/mol. The Bertz CT molecular complexity index is 661. The third-order valence-electron chi connectivity index (χ3n) is 2.36. The van der Waals surface area contributed by atoms with E-state index < -0.39 is 0 Å². The number of nitrogens with two attached hydrogens (primary N) is 1. The molecule has 0 aromatic carbocycles.